The van der Waals surface area contributed by atoms with Crippen molar-refractivity contribution in [1.29, 1.82) is 0 Å². The molecule has 1 saturated carbocycles. The van der Waals surface area contributed by atoms with E-state index in [1.165, 1.54) is 37.1 Å². The molecule has 2 aromatic rings. The Hall–Kier alpha value is -1.89. The topological polar surface area (TPSA) is 63.2 Å². The summed E-state index contributed by atoms with van der Waals surface area (Å²) in [5.74, 6) is 1.31. The van der Waals surface area contributed by atoms with Gasteiger partial charge in [0.2, 0.25) is 11.8 Å². The average molecular weight is 402 g/mol. The zero-order valence-electron chi connectivity index (χ0n) is 14.1. The number of halogens is 3. The lowest BCUT2D eigenvalue weighted by molar-refractivity contribution is -0.120. The molecular formula is C18H22Cl2FN3O2. The zero-order chi connectivity index (χ0) is 16.8. The highest BCUT2D eigenvalue weighted by Crippen LogP contribution is 2.27. The van der Waals surface area contributed by atoms with Crippen molar-refractivity contribution in [3.8, 4) is 11.6 Å². The van der Waals surface area contributed by atoms with Crippen LogP contribution in [0.15, 0.2) is 42.6 Å². The molecule has 0 saturated heterocycles. The van der Waals surface area contributed by atoms with E-state index in [9.17, 15) is 9.18 Å². The lowest BCUT2D eigenvalue weighted by Gasteiger charge is -2.08. The number of ether oxygens (including phenoxy) is 1. The molecule has 0 spiro atoms. The van der Waals surface area contributed by atoms with Crippen molar-refractivity contribution >= 4 is 30.7 Å². The van der Waals surface area contributed by atoms with Gasteiger partial charge in [-0.05, 0) is 61.2 Å². The van der Waals surface area contributed by atoms with Gasteiger partial charge in [-0.15, -0.1) is 24.8 Å². The molecule has 1 fully saturated rings. The number of nitrogens with one attached hydrogen (secondary N) is 2. The van der Waals surface area contributed by atoms with Crippen LogP contribution in [-0.4, -0.2) is 24.0 Å². The Morgan fingerprint density at radius 3 is 2.62 bits per heavy atom. The maximum absolute atomic E-state index is 12.9. The second kappa shape index (κ2) is 11.0. The van der Waals surface area contributed by atoms with Gasteiger partial charge < -0.3 is 15.4 Å². The molecule has 1 aromatic carbocycles. The molecule has 8 heteroatoms. The third kappa shape index (κ3) is 7.56. The van der Waals surface area contributed by atoms with Gasteiger partial charge in [0.25, 0.3) is 0 Å². The molecule has 1 aromatic heterocycles. The molecule has 3 rings (SSSR count). The Morgan fingerprint density at radius 2 is 1.92 bits per heavy atom. The van der Waals surface area contributed by atoms with Gasteiger partial charge in [-0.3, -0.25) is 4.79 Å². The van der Waals surface area contributed by atoms with Gasteiger partial charge in [0.1, 0.15) is 11.6 Å². The molecule has 1 heterocycles. The van der Waals surface area contributed by atoms with Crippen LogP contribution < -0.4 is 15.4 Å². The van der Waals surface area contributed by atoms with Gasteiger partial charge in [-0.2, -0.15) is 0 Å². The molecule has 0 aliphatic heterocycles. The molecule has 0 atom stereocenters. The molecule has 1 aliphatic rings. The molecule has 0 radical (unpaired) electrons. The van der Waals surface area contributed by atoms with E-state index in [0.717, 1.165) is 18.0 Å². The van der Waals surface area contributed by atoms with Crippen LogP contribution in [0.4, 0.5) is 4.39 Å². The predicted molar refractivity (Wildman–Crippen MR) is 103 cm³/mol. The van der Waals surface area contributed by atoms with Crippen molar-refractivity contribution in [2.24, 2.45) is 5.92 Å². The standard InChI is InChI=1S/C18H20FN3O2.2ClH/c19-15-3-5-16(6-4-15)24-18-9-14(7-8-21-18)11-22-17(23)12-20-10-13-1-2-13;;/h3-9,13,20H,1-2,10-12H2,(H,22,23);2*1H. The summed E-state index contributed by atoms with van der Waals surface area (Å²) in [4.78, 5) is 15.9. The number of aromatic nitrogens is 1. The molecule has 142 valence electrons. The molecule has 0 unspecified atom stereocenters. The first-order chi connectivity index (χ1) is 11.7. The first-order valence-electron chi connectivity index (χ1n) is 8.05. The zero-order valence-corrected chi connectivity index (χ0v) is 15.7. The summed E-state index contributed by atoms with van der Waals surface area (Å²) in [5, 5.41) is 6.01. The Kier molecular flexibility index (Phi) is 9.34. The second-order valence-corrected chi connectivity index (χ2v) is 5.91. The Bertz CT molecular complexity index is 697. The Balaban J connectivity index is 0.00000169. The second-order valence-electron chi connectivity index (χ2n) is 5.91. The van der Waals surface area contributed by atoms with E-state index in [1.54, 1.807) is 12.3 Å². The molecular weight excluding hydrogens is 380 g/mol. The van der Waals surface area contributed by atoms with Crippen LogP contribution >= 0.6 is 24.8 Å². The summed E-state index contributed by atoms with van der Waals surface area (Å²) in [5.41, 5.74) is 0.887. The van der Waals surface area contributed by atoms with Gasteiger partial charge in [-0.25, -0.2) is 9.37 Å². The third-order valence-electron chi connectivity index (χ3n) is 3.74. The van der Waals surface area contributed by atoms with Crippen LogP contribution in [0.25, 0.3) is 0 Å². The summed E-state index contributed by atoms with van der Waals surface area (Å²) >= 11 is 0. The molecule has 1 amide bonds. The van der Waals surface area contributed by atoms with E-state index in [0.29, 0.717) is 24.7 Å². The summed E-state index contributed by atoms with van der Waals surface area (Å²) in [6, 6.07) is 9.30. The maximum atomic E-state index is 12.9. The summed E-state index contributed by atoms with van der Waals surface area (Å²) in [6.07, 6.45) is 4.15. The van der Waals surface area contributed by atoms with E-state index in [1.807, 2.05) is 6.07 Å². The van der Waals surface area contributed by atoms with Crippen LogP contribution in [0, 0.1) is 11.7 Å². The van der Waals surface area contributed by atoms with Crippen molar-refractivity contribution in [2.45, 2.75) is 19.4 Å². The Labute approximate surface area is 164 Å². The van der Waals surface area contributed by atoms with Crippen molar-refractivity contribution in [1.82, 2.24) is 15.6 Å². The summed E-state index contributed by atoms with van der Waals surface area (Å²) < 4.78 is 18.5. The molecule has 0 bridgehead atoms. The van der Waals surface area contributed by atoms with Crippen molar-refractivity contribution < 1.29 is 13.9 Å². The average Bonchev–Trinajstić information content (AvgIpc) is 3.40. The number of pyridine rings is 1. The highest BCUT2D eigenvalue weighted by molar-refractivity contribution is 5.85. The largest absolute Gasteiger partial charge is 0.439 e. The molecule has 26 heavy (non-hydrogen) atoms. The first kappa shape index (κ1) is 22.2. The smallest absolute Gasteiger partial charge is 0.234 e. The minimum absolute atomic E-state index is 0. The lowest BCUT2D eigenvalue weighted by Crippen LogP contribution is -2.34. The predicted octanol–water partition coefficient (Wildman–Crippen LogP) is 3.47. The fourth-order valence-corrected chi connectivity index (χ4v) is 2.21. The molecule has 5 nitrogen and oxygen atoms in total. The van der Waals surface area contributed by atoms with Gasteiger partial charge >= 0.3 is 0 Å². The summed E-state index contributed by atoms with van der Waals surface area (Å²) in [6.45, 7) is 1.66. The van der Waals surface area contributed by atoms with Crippen LogP contribution in [-0.2, 0) is 11.3 Å². The van der Waals surface area contributed by atoms with E-state index in [2.05, 4.69) is 15.6 Å². The highest BCUT2D eigenvalue weighted by atomic mass is 35.5. The van der Waals surface area contributed by atoms with Crippen molar-refractivity contribution in [2.75, 3.05) is 13.1 Å². The first-order valence-corrected chi connectivity index (χ1v) is 8.05. The maximum Gasteiger partial charge on any atom is 0.234 e. The van der Waals surface area contributed by atoms with Crippen molar-refractivity contribution in [3.63, 3.8) is 0 Å². The number of benzene rings is 1. The van der Waals surface area contributed by atoms with Crippen LogP contribution in [0.5, 0.6) is 11.6 Å². The van der Waals surface area contributed by atoms with E-state index >= 15 is 0 Å². The quantitative estimate of drug-likeness (QED) is 0.710. The normalized spacial score (nSPS) is 12.5. The van der Waals surface area contributed by atoms with Crippen LogP contribution in [0.3, 0.4) is 0 Å². The Morgan fingerprint density at radius 1 is 1.19 bits per heavy atom. The van der Waals surface area contributed by atoms with E-state index in [4.69, 9.17) is 4.74 Å². The monoisotopic (exact) mass is 401 g/mol. The number of nitrogens with zero attached hydrogens (tertiary/aromatic N) is 1. The number of hydrogen-bond acceptors (Lipinski definition) is 4. The SMILES string of the molecule is Cl.Cl.O=C(CNCC1CC1)NCc1ccnc(Oc2ccc(F)cc2)c1. The summed E-state index contributed by atoms with van der Waals surface area (Å²) in [7, 11) is 0. The van der Waals surface area contributed by atoms with E-state index < -0.39 is 0 Å². The minimum atomic E-state index is -0.318. The fraction of sp³-hybridized carbons (Fsp3) is 0.333. The van der Waals surface area contributed by atoms with Crippen LogP contribution in [0.1, 0.15) is 18.4 Å². The fourth-order valence-electron chi connectivity index (χ4n) is 2.21. The molecule has 2 N–H and O–H groups in total. The number of hydrogen-bond donors (Lipinski definition) is 2. The van der Waals surface area contributed by atoms with E-state index in [-0.39, 0.29) is 36.5 Å². The number of rotatable bonds is 8. The minimum Gasteiger partial charge on any atom is -0.439 e. The van der Waals surface area contributed by atoms with Crippen molar-refractivity contribution in [3.05, 3.63) is 54.0 Å². The number of carbonyl (C=O) groups is 1. The number of carbonyl (C=O) groups excluding carboxylic acids is 1. The lowest BCUT2D eigenvalue weighted by atomic mass is 10.2. The molecule has 1 aliphatic carbocycles. The number of amides is 1. The van der Waals surface area contributed by atoms with Gasteiger partial charge in [0, 0.05) is 18.8 Å². The van der Waals surface area contributed by atoms with Gasteiger partial charge in [-0.1, -0.05) is 0 Å². The highest BCUT2D eigenvalue weighted by Gasteiger charge is 2.20. The van der Waals surface area contributed by atoms with Gasteiger partial charge in [0.05, 0.1) is 6.54 Å². The third-order valence-corrected chi connectivity index (χ3v) is 3.74. The van der Waals surface area contributed by atoms with Crippen LogP contribution in [0.2, 0.25) is 0 Å². The van der Waals surface area contributed by atoms with Gasteiger partial charge in [0.15, 0.2) is 0 Å².